The maximum absolute atomic E-state index is 10.3. The monoisotopic (exact) mass is 260 g/mol. The van der Waals surface area contributed by atoms with Crippen LogP contribution >= 0.6 is 0 Å². The molecule has 4 nitrogen and oxygen atoms in total. The number of benzene rings is 1. The number of ether oxygens (including phenoxy) is 1. The van der Waals surface area contributed by atoms with Gasteiger partial charge in [0, 0.05) is 19.2 Å². The molecular weight excluding hydrogens is 240 g/mol. The van der Waals surface area contributed by atoms with Crippen LogP contribution in [0.5, 0.6) is 5.75 Å². The lowest BCUT2D eigenvalue weighted by Crippen LogP contribution is -2.11. The van der Waals surface area contributed by atoms with Gasteiger partial charge in [0.05, 0.1) is 18.9 Å². The minimum atomic E-state index is -0.541. The van der Waals surface area contributed by atoms with Crippen LogP contribution < -0.4 is 4.74 Å². The summed E-state index contributed by atoms with van der Waals surface area (Å²) < 4.78 is 7.06. The first-order valence-corrected chi connectivity index (χ1v) is 6.57. The van der Waals surface area contributed by atoms with Crippen molar-refractivity contribution >= 4 is 0 Å². The van der Waals surface area contributed by atoms with E-state index in [-0.39, 0.29) is 0 Å². The van der Waals surface area contributed by atoms with E-state index in [0.717, 1.165) is 30.0 Å². The lowest BCUT2D eigenvalue weighted by Gasteiger charge is -2.13. The van der Waals surface area contributed by atoms with Crippen molar-refractivity contribution in [1.29, 1.82) is 0 Å². The second-order valence-corrected chi connectivity index (χ2v) is 4.55. The minimum Gasteiger partial charge on any atom is -0.497 e. The maximum atomic E-state index is 10.3. The molecule has 0 saturated heterocycles. The quantitative estimate of drug-likeness (QED) is 0.868. The zero-order valence-electron chi connectivity index (χ0n) is 11.4. The number of aromatic nitrogens is 2. The van der Waals surface area contributed by atoms with Crippen molar-refractivity contribution in [2.45, 2.75) is 32.4 Å². The number of aryl methyl sites for hydroxylation is 1. The number of nitrogens with zero attached hydrogens (tertiary/aromatic N) is 2. The maximum Gasteiger partial charge on any atom is 0.119 e. The van der Waals surface area contributed by atoms with Gasteiger partial charge in [0.1, 0.15) is 5.75 Å². The highest BCUT2D eigenvalue weighted by atomic mass is 16.5. The number of methoxy groups -OCH3 is 1. The van der Waals surface area contributed by atoms with Crippen LogP contribution in [0.1, 0.15) is 30.7 Å². The first kappa shape index (κ1) is 13.6. The van der Waals surface area contributed by atoms with Crippen LogP contribution in [-0.4, -0.2) is 22.0 Å². The molecule has 0 aliphatic heterocycles. The third-order valence-electron chi connectivity index (χ3n) is 3.09. The molecule has 1 unspecified atom stereocenters. The Morgan fingerprint density at radius 3 is 2.95 bits per heavy atom. The van der Waals surface area contributed by atoms with Crippen LogP contribution in [-0.2, 0) is 13.0 Å². The lowest BCUT2D eigenvalue weighted by molar-refractivity contribution is 0.166. The zero-order chi connectivity index (χ0) is 13.7. The van der Waals surface area contributed by atoms with Crippen molar-refractivity contribution in [2.24, 2.45) is 0 Å². The molecule has 0 aliphatic rings. The van der Waals surface area contributed by atoms with E-state index in [2.05, 4.69) is 12.0 Å². The molecule has 0 spiro atoms. The molecule has 102 valence electrons. The van der Waals surface area contributed by atoms with Crippen LogP contribution in [0.2, 0.25) is 0 Å². The molecule has 1 N–H and O–H groups in total. The van der Waals surface area contributed by atoms with E-state index >= 15 is 0 Å². The van der Waals surface area contributed by atoms with Crippen molar-refractivity contribution in [3.05, 3.63) is 47.8 Å². The normalized spacial score (nSPS) is 12.4. The predicted molar refractivity (Wildman–Crippen MR) is 74.2 cm³/mol. The Labute approximate surface area is 113 Å². The molecule has 2 rings (SSSR count). The predicted octanol–water partition coefficient (Wildman–Crippen LogP) is 2.58. The fourth-order valence-corrected chi connectivity index (χ4v) is 2.15. The van der Waals surface area contributed by atoms with Crippen LogP contribution in [0.25, 0.3) is 0 Å². The number of hydrogen-bond donors (Lipinski definition) is 1. The number of aliphatic hydroxyl groups excluding tert-OH is 1. The minimum absolute atomic E-state index is 0.541. The molecule has 0 saturated carbocycles. The third-order valence-corrected chi connectivity index (χ3v) is 3.09. The molecule has 0 amide bonds. The van der Waals surface area contributed by atoms with Gasteiger partial charge in [-0.05, 0) is 30.2 Å². The van der Waals surface area contributed by atoms with Gasteiger partial charge in [-0.1, -0.05) is 19.1 Å². The SMILES string of the molecule is CCCn1nccc1C(O)Cc1cccc(OC)c1. The van der Waals surface area contributed by atoms with E-state index in [9.17, 15) is 5.11 Å². The van der Waals surface area contributed by atoms with Crippen molar-refractivity contribution in [1.82, 2.24) is 9.78 Å². The highest BCUT2D eigenvalue weighted by molar-refractivity contribution is 5.29. The highest BCUT2D eigenvalue weighted by Crippen LogP contribution is 2.21. The molecule has 0 aliphatic carbocycles. The van der Waals surface area contributed by atoms with E-state index in [1.165, 1.54) is 0 Å². The summed E-state index contributed by atoms with van der Waals surface area (Å²) in [4.78, 5) is 0. The molecule has 2 aromatic rings. The van der Waals surface area contributed by atoms with Crippen molar-refractivity contribution in [3.63, 3.8) is 0 Å². The molecule has 1 heterocycles. The number of rotatable bonds is 6. The summed E-state index contributed by atoms with van der Waals surface area (Å²) in [5.74, 6) is 0.812. The van der Waals surface area contributed by atoms with Gasteiger partial charge in [0.2, 0.25) is 0 Å². The molecule has 4 heteroatoms. The smallest absolute Gasteiger partial charge is 0.119 e. The summed E-state index contributed by atoms with van der Waals surface area (Å²) in [6, 6.07) is 9.65. The van der Waals surface area contributed by atoms with Crippen LogP contribution in [0.15, 0.2) is 36.5 Å². The van der Waals surface area contributed by atoms with Crippen LogP contribution in [0, 0.1) is 0 Å². The van der Waals surface area contributed by atoms with Gasteiger partial charge < -0.3 is 9.84 Å². The van der Waals surface area contributed by atoms with Crippen molar-refractivity contribution < 1.29 is 9.84 Å². The molecule has 0 fully saturated rings. The average Bonchev–Trinajstić information content (AvgIpc) is 2.88. The largest absolute Gasteiger partial charge is 0.497 e. The first-order valence-electron chi connectivity index (χ1n) is 6.57. The average molecular weight is 260 g/mol. The molecule has 1 atom stereocenters. The van der Waals surface area contributed by atoms with E-state index in [1.54, 1.807) is 13.3 Å². The fraction of sp³-hybridized carbons (Fsp3) is 0.400. The van der Waals surface area contributed by atoms with Crippen LogP contribution in [0.4, 0.5) is 0 Å². The van der Waals surface area contributed by atoms with Gasteiger partial charge in [-0.25, -0.2) is 0 Å². The van der Waals surface area contributed by atoms with E-state index in [4.69, 9.17) is 4.74 Å². The second-order valence-electron chi connectivity index (χ2n) is 4.55. The lowest BCUT2D eigenvalue weighted by atomic mass is 10.1. The standard InChI is InChI=1S/C15H20N2O2/c1-3-9-17-14(7-8-16-17)15(18)11-12-5-4-6-13(10-12)19-2/h4-8,10,15,18H,3,9,11H2,1-2H3. The van der Waals surface area contributed by atoms with Gasteiger partial charge in [-0.15, -0.1) is 0 Å². The Hall–Kier alpha value is -1.81. The topological polar surface area (TPSA) is 47.3 Å². The van der Waals surface area contributed by atoms with Gasteiger partial charge >= 0.3 is 0 Å². The molecular formula is C15H20N2O2. The molecule has 0 radical (unpaired) electrons. The van der Waals surface area contributed by atoms with Gasteiger partial charge in [-0.3, -0.25) is 4.68 Å². The van der Waals surface area contributed by atoms with E-state index < -0.39 is 6.10 Å². The summed E-state index contributed by atoms with van der Waals surface area (Å²) >= 11 is 0. The summed E-state index contributed by atoms with van der Waals surface area (Å²) in [5.41, 5.74) is 1.92. The van der Waals surface area contributed by atoms with Gasteiger partial charge in [0.15, 0.2) is 0 Å². The highest BCUT2D eigenvalue weighted by Gasteiger charge is 2.13. The zero-order valence-corrected chi connectivity index (χ0v) is 11.4. The Bertz CT molecular complexity index is 522. The first-order chi connectivity index (χ1) is 9.24. The fourth-order valence-electron chi connectivity index (χ4n) is 2.15. The Morgan fingerprint density at radius 2 is 2.21 bits per heavy atom. The van der Waals surface area contributed by atoms with Gasteiger partial charge in [-0.2, -0.15) is 5.10 Å². The summed E-state index contributed by atoms with van der Waals surface area (Å²) in [6.07, 6.45) is 2.76. The molecule has 19 heavy (non-hydrogen) atoms. The van der Waals surface area contributed by atoms with Crippen LogP contribution in [0.3, 0.4) is 0 Å². The Kier molecular flexibility index (Phi) is 4.58. The van der Waals surface area contributed by atoms with E-state index in [1.807, 2.05) is 35.0 Å². The van der Waals surface area contributed by atoms with Crippen molar-refractivity contribution in [3.8, 4) is 5.75 Å². The molecule has 1 aromatic carbocycles. The number of aliphatic hydroxyl groups is 1. The molecule has 1 aromatic heterocycles. The van der Waals surface area contributed by atoms with Gasteiger partial charge in [0.25, 0.3) is 0 Å². The van der Waals surface area contributed by atoms with Crippen molar-refractivity contribution in [2.75, 3.05) is 7.11 Å². The number of hydrogen-bond acceptors (Lipinski definition) is 3. The van der Waals surface area contributed by atoms with E-state index in [0.29, 0.717) is 6.42 Å². The summed E-state index contributed by atoms with van der Waals surface area (Å²) in [6.45, 7) is 2.93. The molecule has 0 bridgehead atoms. The Morgan fingerprint density at radius 1 is 1.37 bits per heavy atom. The third kappa shape index (κ3) is 3.35. The summed E-state index contributed by atoms with van der Waals surface area (Å²) in [5, 5.41) is 14.6. The summed E-state index contributed by atoms with van der Waals surface area (Å²) in [7, 11) is 1.64. The Balaban J connectivity index is 2.11. The second kappa shape index (κ2) is 6.38.